The highest BCUT2D eigenvalue weighted by Gasteiger charge is 2.23. The van der Waals surface area contributed by atoms with Gasteiger partial charge in [-0.3, -0.25) is 9.69 Å². The fourth-order valence-electron chi connectivity index (χ4n) is 2.46. The van der Waals surface area contributed by atoms with Crippen LogP contribution in [0.5, 0.6) is 0 Å². The van der Waals surface area contributed by atoms with Crippen molar-refractivity contribution in [2.24, 2.45) is 5.73 Å². The van der Waals surface area contributed by atoms with Gasteiger partial charge >= 0.3 is 0 Å². The SMILES string of the molecule is Cc1ccc(CN(CC(N)=O)C2CCNCC2)o1. The van der Waals surface area contributed by atoms with E-state index in [-0.39, 0.29) is 5.91 Å². The number of aryl methyl sites for hydroxylation is 1. The van der Waals surface area contributed by atoms with Crippen LogP contribution in [-0.2, 0) is 11.3 Å². The van der Waals surface area contributed by atoms with Crippen molar-refractivity contribution in [3.8, 4) is 0 Å². The lowest BCUT2D eigenvalue weighted by molar-refractivity contribution is -0.120. The third-order valence-corrected chi connectivity index (χ3v) is 3.34. The number of hydrogen-bond acceptors (Lipinski definition) is 4. The van der Waals surface area contributed by atoms with Crippen LogP contribution in [0, 0.1) is 6.92 Å². The van der Waals surface area contributed by atoms with E-state index in [1.807, 2.05) is 19.1 Å². The average Bonchev–Trinajstić information content (AvgIpc) is 2.75. The van der Waals surface area contributed by atoms with E-state index in [1.165, 1.54) is 0 Å². The van der Waals surface area contributed by atoms with Crippen molar-refractivity contribution < 1.29 is 9.21 Å². The lowest BCUT2D eigenvalue weighted by atomic mass is 10.0. The highest BCUT2D eigenvalue weighted by Crippen LogP contribution is 2.16. The molecule has 1 amide bonds. The van der Waals surface area contributed by atoms with E-state index in [1.54, 1.807) is 0 Å². The smallest absolute Gasteiger partial charge is 0.231 e. The van der Waals surface area contributed by atoms with Gasteiger partial charge in [-0.05, 0) is 45.0 Å². The number of amides is 1. The molecule has 0 radical (unpaired) electrons. The molecule has 0 spiro atoms. The van der Waals surface area contributed by atoms with E-state index in [0.717, 1.165) is 37.5 Å². The quantitative estimate of drug-likeness (QED) is 0.805. The van der Waals surface area contributed by atoms with E-state index >= 15 is 0 Å². The fourth-order valence-corrected chi connectivity index (χ4v) is 2.46. The molecule has 18 heavy (non-hydrogen) atoms. The van der Waals surface area contributed by atoms with E-state index < -0.39 is 0 Å². The summed E-state index contributed by atoms with van der Waals surface area (Å²) in [4.78, 5) is 13.3. The second kappa shape index (κ2) is 6.02. The summed E-state index contributed by atoms with van der Waals surface area (Å²) in [5.74, 6) is 1.51. The molecule has 1 aromatic rings. The third-order valence-electron chi connectivity index (χ3n) is 3.34. The zero-order chi connectivity index (χ0) is 13.0. The number of furan rings is 1. The van der Waals surface area contributed by atoms with Crippen LogP contribution in [0.2, 0.25) is 0 Å². The Morgan fingerprint density at radius 2 is 2.22 bits per heavy atom. The van der Waals surface area contributed by atoms with Crippen molar-refractivity contribution >= 4 is 5.91 Å². The number of rotatable bonds is 5. The predicted octanol–water partition coefficient (Wildman–Crippen LogP) is 0.627. The van der Waals surface area contributed by atoms with Crippen LogP contribution in [0.3, 0.4) is 0 Å². The van der Waals surface area contributed by atoms with Crippen molar-refractivity contribution in [1.82, 2.24) is 10.2 Å². The highest BCUT2D eigenvalue weighted by molar-refractivity contribution is 5.75. The molecule has 1 aromatic heterocycles. The molecule has 100 valence electrons. The van der Waals surface area contributed by atoms with Gasteiger partial charge in [0.25, 0.3) is 0 Å². The van der Waals surface area contributed by atoms with Crippen LogP contribution in [0.25, 0.3) is 0 Å². The Bertz CT molecular complexity index is 397. The zero-order valence-corrected chi connectivity index (χ0v) is 10.8. The van der Waals surface area contributed by atoms with E-state index in [9.17, 15) is 4.79 Å². The Balaban J connectivity index is 2.01. The molecule has 1 aliphatic rings. The lowest BCUT2D eigenvalue weighted by Gasteiger charge is -2.33. The minimum Gasteiger partial charge on any atom is -0.465 e. The molecule has 0 bridgehead atoms. The van der Waals surface area contributed by atoms with Crippen LogP contribution >= 0.6 is 0 Å². The van der Waals surface area contributed by atoms with Gasteiger partial charge in [-0.1, -0.05) is 0 Å². The predicted molar refractivity (Wildman–Crippen MR) is 68.9 cm³/mol. The number of nitrogens with two attached hydrogens (primary N) is 1. The number of carbonyl (C=O) groups excluding carboxylic acids is 1. The largest absolute Gasteiger partial charge is 0.465 e. The summed E-state index contributed by atoms with van der Waals surface area (Å²) >= 11 is 0. The molecule has 0 saturated carbocycles. The third kappa shape index (κ3) is 3.58. The van der Waals surface area contributed by atoms with Gasteiger partial charge in [0.05, 0.1) is 13.1 Å². The Labute approximate surface area is 107 Å². The summed E-state index contributed by atoms with van der Waals surface area (Å²) < 4.78 is 5.58. The summed E-state index contributed by atoms with van der Waals surface area (Å²) in [5, 5.41) is 3.32. The first-order chi connectivity index (χ1) is 8.65. The van der Waals surface area contributed by atoms with Crippen molar-refractivity contribution in [2.75, 3.05) is 19.6 Å². The molecule has 0 aromatic carbocycles. The number of primary amides is 1. The molecule has 1 saturated heterocycles. The van der Waals surface area contributed by atoms with E-state index in [4.69, 9.17) is 10.2 Å². The lowest BCUT2D eigenvalue weighted by Crippen LogP contribution is -2.46. The number of carbonyl (C=O) groups is 1. The van der Waals surface area contributed by atoms with Gasteiger partial charge in [0.15, 0.2) is 0 Å². The summed E-state index contributed by atoms with van der Waals surface area (Å²) in [7, 11) is 0. The molecule has 2 rings (SSSR count). The zero-order valence-electron chi connectivity index (χ0n) is 10.8. The van der Waals surface area contributed by atoms with E-state index in [0.29, 0.717) is 19.1 Å². The van der Waals surface area contributed by atoms with Gasteiger partial charge in [0.2, 0.25) is 5.91 Å². The molecule has 5 nitrogen and oxygen atoms in total. The van der Waals surface area contributed by atoms with Gasteiger partial charge in [-0.15, -0.1) is 0 Å². The van der Waals surface area contributed by atoms with Crippen molar-refractivity contribution in [2.45, 2.75) is 32.4 Å². The Morgan fingerprint density at radius 1 is 1.50 bits per heavy atom. The van der Waals surface area contributed by atoms with Crippen LogP contribution in [0.4, 0.5) is 0 Å². The highest BCUT2D eigenvalue weighted by atomic mass is 16.3. The second-order valence-corrected chi connectivity index (χ2v) is 4.86. The number of piperidine rings is 1. The molecule has 3 N–H and O–H groups in total. The maximum atomic E-state index is 11.2. The van der Waals surface area contributed by atoms with Gasteiger partial charge < -0.3 is 15.5 Å². The van der Waals surface area contributed by atoms with Crippen LogP contribution in [0.15, 0.2) is 16.5 Å². The van der Waals surface area contributed by atoms with Gasteiger partial charge in [0, 0.05) is 6.04 Å². The van der Waals surface area contributed by atoms with Gasteiger partial charge in [-0.25, -0.2) is 0 Å². The minimum atomic E-state index is -0.281. The molecule has 0 unspecified atom stereocenters. The molecular formula is C13H21N3O2. The summed E-state index contributed by atoms with van der Waals surface area (Å²) in [6.45, 7) is 4.87. The van der Waals surface area contributed by atoms with Crippen molar-refractivity contribution in [3.05, 3.63) is 23.7 Å². The summed E-state index contributed by atoms with van der Waals surface area (Å²) in [6.07, 6.45) is 2.10. The van der Waals surface area contributed by atoms with Crippen LogP contribution < -0.4 is 11.1 Å². The summed E-state index contributed by atoms with van der Waals surface area (Å²) in [6, 6.07) is 4.31. The van der Waals surface area contributed by atoms with Crippen molar-refractivity contribution in [3.63, 3.8) is 0 Å². The first-order valence-electron chi connectivity index (χ1n) is 6.43. The normalized spacial score (nSPS) is 17.2. The second-order valence-electron chi connectivity index (χ2n) is 4.86. The van der Waals surface area contributed by atoms with Gasteiger partial charge in [-0.2, -0.15) is 0 Å². The first kappa shape index (κ1) is 13.1. The Hall–Kier alpha value is -1.33. The molecule has 2 heterocycles. The maximum absolute atomic E-state index is 11.2. The standard InChI is InChI=1S/C13H21N3O2/c1-10-2-3-12(18-10)8-16(9-13(14)17)11-4-6-15-7-5-11/h2-3,11,15H,4-9H2,1H3,(H2,14,17). The van der Waals surface area contributed by atoms with Gasteiger partial charge in [0.1, 0.15) is 11.5 Å². The Morgan fingerprint density at radius 3 is 2.78 bits per heavy atom. The van der Waals surface area contributed by atoms with Crippen LogP contribution in [0.1, 0.15) is 24.4 Å². The minimum absolute atomic E-state index is 0.281. The summed E-state index contributed by atoms with van der Waals surface area (Å²) in [5.41, 5.74) is 5.33. The molecule has 5 heteroatoms. The Kier molecular flexibility index (Phi) is 4.38. The molecule has 0 aliphatic carbocycles. The fraction of sp³-hybridized carbons (Fsp3) is 0.615. The first-order valence-corrected chi connectivity index (χ1v) is 6.43. The average molecular weight is 251 g/mol. The topological polar surface area (TPSA) is 71.5 Å². The number of hydrogen-bond donors (Lipinski definition) is 2. The van der Waals surface area contributed by atoms with Crippen LogP contribution in [-0.4, -0.2) is 36.5 Å². The number of nitrogens with one attached hydrogen (secondary N) is 1. The molecular weight excluding hydrogens is 230 g/mol. The molecule has 1 aliphatic heterocycles. The molecule has 1 fully saturated rings. The number of nitrogens with zero attached hydrogens (tertiary/aromatic N) is 1. The molecule has 0 atom stereocenters. The van der Waals surface area contributed by atoms with Crippen molar-refractivity contribution in [1.29, 1.82) is 0 Å². The maximum Gasteiger partial charge on any atom is 0.231 e. The monoisotopic (exact) mass is 251 g/mol. The van der Waals surface area contributed by atoms with E-state index in [2.05, 4.69) is 10.2 Å².